The van der Waals surface area contributed by atoms with Crippen LogP contribution in [-0.4, -0.2) is 10.8 Å². The Bertz CT molecular complexity index is 666. The number of aryl methyl sites for hydroxylation is 2. The molecule has 0 amide bonds. The highest BCUT2D eigenvalue weighted by molar-refractivity contribution is 9.10. The first-order valence-electron chi connectivity index (χ1n) is 6.91. The fourth-order valence-corrected chi connectivity index (χ4v) is 3.35. The summed E-state index contributed by atoms with van der Waals surface area (Å²) >= 11 is 3.55. The Morgan fingerprint density at radius 2 is 2.15 bits per heavy atom. The molecule has 3 rings (SSSR count). The summed E-state index contributed by atoms with van der Waals surface area (Å²) in [5, 5.41) is 0. The zero-order valence-corrected chi connectivity index (χ0v) is 13.0. The average molecular weight is 330 g/mol. The molecule has 0 aliphatic heterocycles. The lowest BCUT2D eigenvalue weighted by molar-refractivity contribution is 0.0948. The molecule has 2 nitrogen and oxygen atoms in total. The number of carbonyl (C=O) groups is 1. The van der Waals surface area contributed by atoms with Crippen LogP contribution in [0.1, 0.15) is 45.9 Å². The third kappa shape index (κ3) is 2.31. The summed E-state index contributed by atoms with van der Waals surface area (Å²) in [6.45, 7) is 2.01. The van der Waals surface area contributed by atoms with Crippen LogP contribution in [0, 0.1) is 6.92 Å². The first kappa shape index (κ1) is 13.5. The van der Waals surface area contributed by atoms with Gasteiger partial charge in [0, 0.05) is 16.2 Å². The van der Waals surface area contributed by atoms with Crippen molar-refractivity contribution >= 4 is 21.7 Å². The van der Waals surface area contributed by atoms with Crippen LogP contribution in [0.5, 0.6) is 0 Å². The highest BCUT2D eigenvalue weighted by Gasteiger charge is 2.29. The summed E-state index contributed by atoms with van der Waals surface area (Å²) < 4.78 is 0.910. The number of ketones is 1. The minimum absolute atomic E-state index is 0.0990. The van der Waals surface area contributed by atoms with Gasteiger partial charge in [-0.05, 0) is 59.3 Å². The van der Waals surface area contributed by atoms with Gasteiger partial charge in [0.15, 0.2) is 5.78 Å². The zero-order chi connectivity index (χ0) is 14.1. The van der Waals surface area contributed by atoms with Crippen molar-refractivity contribution < 1.29 is 4.79 Å². The molecular weight excluding hydrogens is 314 g/mol. The lowest BCUT2D eigenvalue weighted by Crippen LogP contribution is -2.20. The van der Waals surface area contributed by atoms with E-state index in [-0.39, 0.29) is 11.7 Å². The number of Topliss-reactive ketones (excluding diaryl/α,β-unsaturated/α-hetero) is 1. The SMILES string of the molecule is Cc1cccc(C(=O)C2CCCc3cccnc32)c1Br. The zero-order valence-electron chi connectivity index (χ0n) is 11.4. The number of aromatic nitrogens is 1. The van der Waals surface area contributed by atoms with E-state index in [1.807, 2.05) is 31.2 Å². The van der Waals surface area contributed by atoms with Gasteiger partial charge in [-0.2, -0.15) is 0 Å². The van der Waals surface area contributed by atoms with E-state index < -0.39 is 0 Å². The van der Waals surface area contributed by atoms with Crippen molar-refractivity contribution in [3.05, 3.63) is 63.4 Å². The Labute approximate surface area is 127 Å². The van der Waals surface area contributed by atoms with Gasteiger partial charge in [0.05, 0.1) is 11.6 Å². The molecule has 20 heavy (non-hydrogen) atoms. The summed E-state index contributed by atoms with van der Waals surface area (Å²) in [6.07, 6.45) is 4.76. The second-order valence-corrected chi connectivity index (χ2v) is 6.09. The number of nitrogens with zero attached hydrogens (tertiary/aromatic N) is 1. The van der Waals surface area contributed by atoms with Crippen LogP contribution in [0.3, 0.4) is 0 Å². The average Bonchev–Trinajstić information content (AvgIpc) is 2.49. The second-order valence-electron chi connectivity index (χ2n) is 5.29. The molecule has 2 aromatic rings. The number of fused-ring (bicyclic) bond motifs is 1. The summed E-state index contributed by atoms with van der Waals surface area (Å²) in [6, 6.07) is 9.89. The monoisotopic (exact) mass is 329 g/mol. The Morgan fingerprint density at radius 3 is 3.00 bits per heavy atom. The molecule has 1 aliphatic rings. The number of benzene rings is 1. The van der Waals surface area contributed by atoms with E-state index in [2.05, 4.69) is 27.0 Å². The summed E-state index contributed by atoms with van der Waals surface area (Å²) in [7, 11) is 0. The van der Waals surface area contributed by atoms with E-state index in [0.29, 0.717) is 0 Å². The number of pyridine rings is 1. The first-order valence-corrected chi connectivity index (χ1v) is 7.71. The molecular formula is C17H16BrNO. The molecule has 0 spiro atoms. The lowest BCUT2D eigenvalue weighted by Gasteiger charge is -2.23. The maximum Gasteiger partial charge on any atom is 0.173 e. The fraction of sp³-hybridized carbons (Fsp3) is 0.294. The van der Waals surface area contributed by atoms with Gasteiger partial charge in [-0.15, -0.1) is 0 Å². The van der Waals surface area contributed by atoms with Crippen molar-refractivity contribution in [3.63, 3.8) is 0 Å². The van der Waals surface area contributed by atoms with E-state index in [4.69, 9.17) is 0 Å². The Hall–Kier alpha value is -1.48. The van der Waals surface area contributed by atoms with Crippen LogP contribution >= 0.6 is 15.9 Å². The highest BCUT2D eigenvalue weighted by atomic mass is 79.9. The van der Waals surface area contributed by atoms with Crippen LogP contribution in [0.25, 0.3) is 0 Å². The third-order valence-corrected chi connectivity index (χ3v) is 5.02. The fourth-order valence-electron chi connectivity index (χ4n) is 2.89. The number of carbonyl (C=O) groups excluding carboxylic acids is 1. The maximum absolute atomic E-state index is 12.9. The van der Waals surface area contributed by atoms with E-state index in [1.54, 1.807) is 6.20 Å². The topological polar surface area (TPSA) is 30.0 Å². The van der Waals surface area contributed by atoms with E-state index in [0.717, 1.165) is 40.6 Å². The Balaban J connectivity index is 2.02. The lowest BCUT2D eigenvalue weighted by atomic mass is 9.82. The molecule has 1 unspecified atom stereocenters. The molecule has 1 atom stereocenters. The Morgan fingerprint density at radius 1 is 1.30 bits per heavy atom. The number of rotatable bonds is 2. The van der Waals surface area contributed by atoms with Crippen molar-refractivity contribution in [1.29, 1.82) is 0 Å². The molecule has 0 saturated carbocycles. The maximum atomic E-state index is 12.9. The normalized spacial score (nSPS) is 17.6. The minimum atomic E-state index is -0.0990. The van der Waals surface area contributed by atoms with Crippen LogP contribution in [0.15, 0.2) is 41.0 Å². The summed E-state index contributed by atoms with van der Waals surface area (Å²) in [5.74, 6) is 0.0817. The second kappa shape index (κ2) is 5.49. The molecule has 0 bridgehead atoms. The predicted octanol–water partition coefficient (Wildman–Crippen LogP) is 4.46. The molecule has 0 radical (unpaired) electrons. The van der Waals surface area contributed by atoms with Crippen LogP contribution in [-0.2, 0) is 6.42 Å². The number of hydrogen-bond acceptors (Lipinski definition) is 2. The standard InChI is InChI=1S/C17H16BrNO/c1-11-5-2-8-13(15(11)18)17(20)14-9-3-6-12-7-4-10-19-16(12)14/h2,4-5,7-8,10,14H,3,6,9H2,1H3. The van der Waals surface area contributed by atoms with Gasteiger partial charge in [-0.25, -0.2) is 0 Å². The molecule has 1 aliphatic carbocycles. The quantitative estimate of drug-likeness (QED) is 0.761. The molecule has 0 saturated heterocycles. The van der Waals surface area contributed by atoms with E-state index >= 15 is 0 Å². The largest absolute Gasteiger partial charge is 0.293 e. The van der Waals surface area contributed by atoms with Gasteiger partial charge in [0.2, 0.25) is 0 Å². The number of hydrogen-bond donors (Lipinski definition) is 0. The van der Waals surface area contributed by atoms with Gasteiger partial charge < -0.3 is 0 Å². The summed E-state index contributed by atoms with van der Waals surface area (Å²) in [4.78, 5) is 17.3. The molecule has 0 fully saturated rings. The van der Waals surface area contributed by atoms with E-state index in [9.17, 15) is 4.79 Å². The van der Waals surface area contributed by atoms with Crippen molar-refractivity contribution in [2.24, 2.45) is 0 Å². The van der Waals surface area contributed by atoms with Gasteiger partial charge in [-0.3, -0.25) is 9.78 Å². The predicted molar refractivity (Wildman–Crippen MR) is 83.1 cm³/mol. The van der Waals surface area contributed by atoms with E-state index in [1.165, 1.54) is 5.56 Å². The minimum Gasteiger partial charge on any atom is -0.293 e. The number of halogens is 1. The van der Waals surface area contributed by atoms with Crippen LogP contribution in [0.4, 0.5) is 0 Å². The molecule has 1 heterocycles. The van der Waals surface area contributed by atoms with Crippen LogP contribution < -0.4 is 0 Å². The smallest absolute Gasteiger partial charge is 0.173 e. The van der Waals surface area contributed by atoms with Gasteiger partial charge >= 0.3 is 0 Å². The Kier molecular flexibility index (Phi) is 3.70. The van der Waals surface area contributed by atoms with Crippen molar-refractivity contribution in [2.45, 2.75) is 32.1 Å². The highest BCUT2D eigenvalue weighted by Crippen LogP contribution is 2.34. The van der Waals surface area contributed by atoms with Gasteiger partial charge in [-0.1, -0.05) is 24.3 Å². The molecule has 1 aromatic carbocycles. The summed E-state index contributed by atoms with van der Waals surface area (Å²) in [5.41, 5.74) is 4.06. The van der Waals surface area contributed by atoms with Gasteiger partial charge in [0.1, 0.15) is 0 Å². The molecule has 1 aromatic heterocycles. The molecule has 102 valence electrons. The van der Waals surface area contributed by atoms with Crippen molar-refractivity contribution in [3.8, 4) is 0 Å². The van der Waals surface area contributed by atoms with Crippen molar-refractivity contribution in [1.82, 2.24) is 4.98 Å². The van der Waals surface area contributed by atoms with Gasteiger partial charge in [0.25, 0.3) is 0 Å². The van der Waals surface area contributed by atoms with Crippen molar-refractivity contribution in [2.75, 3.05) is 0 Å². The first-order chi connectivity index (χ1) is 9.68. The molecule has 3 heteroatoms. The third-order valence-electron chi connectivity index (χ3n) is 3.97. The molecule has 0 N–H and O–H groups in total. The van der Waals surface area contributed by atoms with Crippen LogP contribution in [0.2, 0.25) is 0 Å².